The summed E-state index contributed by atoms with van der Waals surface area (Å²) in [5.74, 6) is 1.16. The van der Waals surface area contributed by atoms with Gasteiger partial charge >= 0.3 is 0 Å². The summed E-state index contributed by atoms with van der Waals surface area (Å²) in [7, 11) is 2.02. The lowest BCUT2D eigenvalue weighted by Gasteiger charge is -2.16. The summed E-state index contributed by atoms with van der Waals surface area (Å²) in [4.78, 5) is 9.63. The molecular weight excluding hydrogens is 454 g/mol. The number of aromatic nitrogens is 3. The Morgan fingerprint density at radius 2 is 1.46 bits per heavy atom. The highest BCUT2D eigenvalue weighted by Crippen LogP contribution is 2.38. The third-order valence-corrected chi connectivity index (χ3v) is 7.09. The van der Waals surface area contributed by atoms with Crippen LogP contribution < -0.4 is 0 Å². The summed E-state index contributed by atoms with van der Waals surface area (Å²) >= 11 is 0. The van der Waals surface area contributed by atoms with Crippen molar-refractivity contribution >= 4 is 11.0 Å². The molecule has 0 spiro atoms. The second-order valence-corrected chi connectivity index (χ2v) is 9.38. The lowest BCUT2D eigenvalue weighted by molar-refractivity contribution is 0.476. The van der Waals surface area contributed by atoms with E-state index in [0.29, 0.717) is 5.56 Å². The average Bonchev–Trinajstić information content (AvgIpc) is 3.29. The summed E-state index contributed by atoms with van der Waals surface area (Å²) in [6, 6.07) is 36.9. The third-order valence-electron chi connectivity index (χ3n) is 7.09. The predicted molar refractivity (Wildman–Crippen MR) is 150 cm³/mol. The van der Waals surface area contributed by atoms with E-state index in [1.165, 1.54) is 11.1 Å². The fourth-order valence-corrected chi connectivity index (χ4v) is 5.00. The van der Waals surface area contributed by atoms with Crippen molar-refractivity contribution in [2.75, 3.05) is 0 Å². The molecule has 6 rings (SSSR count). The average molecular weight is 482 g/mol. The molecule has 0 aliphatic rings. The molecule has 4 nitrogen and oxygen atoms in total. The number of pyridine rings is 1. The fraction of sp³-hybridized carbons (Fsp3) is 0.0909. The van der Waals surface area contributed by atoms with Gasteiger partial charge in [-0.3, -0.25) is 4.98 Å². The van der Waals surface area contributed by atoms with E-state index in [4.69, 9.17) is 4.98 Å². The number of hydrogen-bond donors (Lipinski definition) is 1. The second-order valence-electron chi connectivity index (χ2n) is 9.38. The highest BCUT2D eigenvalue weighted by molar-refractivity contribution is 5.96. The smallest absolute Gasteiger partial charge is 0.144 e. The zero-order valence-corrected chi connectivity index (χ0v) is 20.8. The number of aromatic hydroxyl groups is 1. The number of phenols is 1. The molecule has 2 aromatic heterocycles. The normalized spacial score (nSPS) is 12.1. The highest BCUT2D eigenvalue weighted by Gasteiger charge is 2.20. The fourth-order valence-electron chi connectivity index (χ4n) is 5.00. The van der Waals surface area contributed by atoms with E-state index in [-0.39, 0.29) is 11.7 Å². The Balaban J connectivity index is 1.60. The van der Waals surface area contributed by atoms with Gasteiger partial charge in [-0.05, 0) is 59.2 Å². The third kappa shape index (κ3) is 4.17. The lowest BCUT2D eigenvalue weighted by atomic mass is 9.89. The molecule has 37 heavy (non-hydrogen) atoms. The molecule has 0 saturated heterocycles. The molecule has 4 aromatic carbocycles. The second kappa shape index (κ2) is 9.40. The summed E-state index contributed by atoms with van der Waals surface area (Å²) in [6.07, 6.45) is 1.82. The molecule has 4 heteroatoms. The molecular formula is C33H27N3O. The van der Waals surface area contributed by atoms with Gasteiger partial charge in [0.2, 0.25) is 0 Å². The minimum Gasteiger partial charge on any atom is -0.507 e. The number of nitrogens with zero attached hydrogens (tertiary/aromatic N) is 3. The van der Waals surface area contributed by atoms with Crippen LogP contribution in [0.5, 0.6) is 5.75 Å². The Labute approximate surface area is 216 Å². The summed E-state index contributed by atoms with van der Waals surface area (Å²) in [5, 5.41) is 10.6. The summed E-state index contributed by atoms with van der Waals surface area (Å²) in [6.45, 7) is 2.24. The van der Waals surface area contributed by atoms with Crippen molar-refractivity contribution < 1.29 is 5.11 Å². The first-order valence-corrected chi connectivity index (χ1v) is 12.5. The maximum Gasteiger partial charge on any atom is 0.144 e. The Bertz CT molecular complexity index is 1710. The van der Waals surface area contributed by atoms with Gasteiger partial charge in [-0.1, -0.05) is 73.7 Å². The maximum atomic E-state index is 10.6. The van der Waals surface area contributed by atoms with Crippen molar-refractivity contribution in [1.29, 1.82) is 0 Å². The molecule has 1 atom stereocenters. The largest absolute Gasteiger partial charge is 0.507 e. The minimum absolute atomic E-state index is 0.201. The molecule has 2 heterocycles. The number of para-hydroxylation sites is 1. The number of imidazole rings is 1. The first kappa shape index (κ1) is 22.7. The van der Waals surface area contributed by atoms with E-state index < -0.39 is 0 Å². The molecule has 0 aliphatic heterocycles. The first-order valence-electron chi connectivity index (χ1n) is 12.5. The Morgan fingerprint density at radius 3 is 2.24 bits per heavy atom. The molecule has 1 N–H and O–H groups in total. The van der Waals surface area contributed by atoms with Crippen LogP contribution in [0.3, 0.4) is 0 Å². The van der Waals surface area contributed by atoms with Crippen LogP contribution in [0.4, 0.5) is 0 Å². The van der Waals surface area contributed by atoms with E-state index >= 15 is 0 Å². The van der Waals surface area contributed by atoms with Gasteiger partial charge in [0.15, 0.2) is 0 Å². The van der Waals surface area contributed by atoms with Crippen LogP contribution in [0.15, 0.2) is 115 Å². The Morgan fingerprint density at radius 1 is 0.703 bits per heavy atom. The van der Waals surface area contributed by atoms with Crippen molar-refractivity contribution in [2.24, 2.45) is 7.05 Å². The quantitative estimate of drug-likeness (QED) is 0.273. The van der Waals surface area contributed by atoms with E-state index in [1.807, 2.05) is 55.7 Å². The molecule has 0 fully saturated rings. The van der Waals surface area contributed by atoms with Gasteiger partial charge in [0, 0.05) is 30.3 Å². The van der Waals surface area contributed by atoms with E-state index in [0.717, 1.165) is 39.2 Å². The number of fused-ring (bicyclic) bond motifs is 1. The molecule has 0 amide bonds. The van der Waals surface area contributed by atoms with Gasteiger partial charge in [0.25, 0.3) is 0 Å². The Kier molecular flexibility index (Phi) is 5.78. The Hall–Kier alpha value is -4.70. The molecule has 6 aromatic rings. The van der Waals surface area contributed by atoms with E-state index in [1.54, 1.807) is 6.07 Å². The van der Waals surface area contributed by atoms with Crippen molar-refractivity contribution in [2.45, 2.75) is 12.8 Å². The van der Waals surface area contributed by atoms with Gasteiger partial charge in [-0.15, -0.1) is 0 Å². The zero-order valence-electron chi connectivity index (χ0n) is 20.8. The molecule has 0 radical (unpaired) electrons. The molecule has 0 saturated carbocycles. The van der Waals surface area contributed by atoms with Crippen molar-refractivity contribution in [3.05, 3.63) is 127 Å². The topological polar surface area (TPSA) is 50.9 Å². The summed E-state index contributed by atoms with van der Waals surface area (Å²) in [5.41, 5.74) is 9.26. The number of hydrogen-bond acceptors (Lipinski definition) is 3. The zero-order chi connectivity index (χ0) is 25.4. The van der Waals surface area contributed by atoms with Crippen molar-refractivity contribution in [1.82, 2.24) is 14.5 Å². The molecule has 0 aliphatic carbocycles. The standard InChI is InChI=1S/C33H27N3O/c1-22(23-11-4-3-5-12-23)26-20-28(24-13-10-14-25(19-24)29-16-8-9-18-34-29)32-30(21-26)36(2)33(35-32)27-15-6-7-17-31(27)37/h3-22,37H,1-2H3. The van der Waals surface area contributed by atoms with Crippen LogP contribution in [0, 0.1) is 0 Å². The van der Waals surface area contributed by atoms with Crippen LogP contribution >= 0.6 is 0 Å². The van der Waals surface area contributed by atoms with Crippen LogP contribution in [-0.4, -0.2) is 19.6 Å². The number of benzene rings is 4. The summed E-state index contributed by atoms with van der Waals surface area (Å²) < 4.78 is 2.08. The van der Waals surface area contributed by atoms with Crippen molar-refractivity contribution in [3.8, 4) is 39.5 Å². The lowest BCUT2D eigenvalue weighted by Crippen LogP contribution is -1.98. The molecule has 180 valence electrons. The van der Waals surface area contributed by atoms with Crippen LogP contribution in [-0.2, 0) is 7.05 Å². The van der Waals surface area contributed by atoms with Gasteiger partial charge in [0.05, 0.1) is 22.3 Å². The minimum atomic E-state index is 0.201. The maximum absolute atomic E-state index is 10.6. The highest BCUT2D eigenvalue weighted by atomic mass is 16.3. The van der Waals surface area contributed by atoms with E-state index in [2.05, 4.69) is 77.1 Å². The predicted octanol–water partition coefficient (Wildman–Crippen LogP) is 7.83. The van der Waals surface area contributed by atoms with Crippen LogP contribution in [0.2, 0.25) is 0 Å². The van der Waals surface area contributed by atoms with Crippen LogP contribution in [0.1, 0.15) is 24.0 Å². The van der Waals surface area contributed by atoms with Gasteiger partial charge in [-0.25, -0.2) is 4.98 Å². The van der Waals surface area contributed by atoms with Gasteiger partial charge < -0.3 is 9.67 Å². The first-order chi connectivity index (χ1) is 18.1. The SMILES string of the molecule is CC(c1ccccc1)c1cc(-c2cccc(-c3ccccn3)c2)c2nc(-c3ccccc3O)n(C)c2c1. The number of rotatable bonds is 5. The molecule has 0 bridgehead atoms. The van der Waals surface area contributed by atoms with Crippen LogP contribution in [0.25, 0.3) is 44.8 Å². The van der Waals surface area contributed by atoms with Gasteiger partial charge in [0.1, 0.15) is 11.6 Å². The number of aryl methyl sites for hydroxylation is 1. The number of phenolic OH excluding ortho intramolecular Hbond substituents is 1. The van der Waals surface area contributed by atoms with Crippen molar-refractivity contribution in [3.63, 3.8) is 0 Å². The van der Waals surface area contributed by atoms with Gasteiger partial charge in [-0.2, -0.15) is 0 Å². The van der Waals surface area contributed by atoms with E-state index in [9.17, 15) is 5.11 Å². The monoisotopic (exact) mass is 481 g/mol. The molecule has 1 unspecified atom stereocenters.